The predicted molar refractivity (Wildman–Crippen MR) is 104 cm³/mol. The highest BCUT2D eigenvalue weighted by molar-refractivity contribution is 5.90. The van der Waals surface area contributed by atoms with Gasteiger partial charge in [-0.1, -0.05) is 12.1 Å². The number of methoxy groups -OCH3 is 1. The van der Waals surface area contributed by atoms with Crippen LogP contribution in [0.2, 0.25) is 0 Å². The second kappa shape index (κ2) is 6.64. The Kier molecular flexibility index (Phi) is 4.27. The number of carbonyl (C=O) groups excluding carboxylic acids is 1. The molecule has 7 nitrogen and oxygen atoms in total. The van der Waals surface area contributed by atoms with Crippen molar-refractivity contribution in [2.24, 2.45) is 0 Å². The highest BCUT2D eigenvalue weighted by Gasteiger charge is 2.55. The number of nitrogens with one attached hydrogen (secondary N) is 1. The molecule has 142 valence electrons. The van der Waals surface area contributed by atoms with E-state index in [1.54, 1.807) is 23.8 Å². The van der Waals surface area contributed by atoms with E-state index in [0.717, 1.165) is 24.1 Å². The highest BCUT2D eigenvalue weighted by atomic mass is 16.5. The minimum atomic E-state index is -0.663. The van der Waals surface area contributed by atoms with Crippen LogP contribution in [0.25, 0.3) is 16.9 Å². The number of nitrogens with zero attached hydrogens (tertiary/aromatic N) is 4. The first kappa shape index (κ1) is 18.0. The van der Waals surface area contributed by atoms with E-state index in [1.807, 2.05) is 38.1 Å². The number of amides is 1. The fourth-order valence-electron chi connectivity index (χ4n) is 3.31. The van der Waals surface area contributed by atoms with Crippen molar-refractivity contribution in [3.05, 3.63) is 47.8 Å². The molecule has 1 saturated carbocycles. The van der Waals surface area contributed by atoms with Crippen molar-refractivity contribution in [2.75, 3.05) is 7.11 Å². The van der Waals surface area contributed by atoms with Crippen LogP contribution in [0.1, 0.15) is 38.1 Å². The summed E-state index contributed by atoms with van der Waals surface area (Å²) in [7, 11) is 1.59. The number of hydrogen-bond donors (Lipinski definition) is 1. The quantitative estimate of drug-likeness (QED) is 0.740. The van der Waals surface area contributed by atoms with Gasteiger partial charge in [-0.25, -0.2) is 9.50 Å². The first-order valence-electron chi connectivity index (χ1n) is 9.24. The molecular formula is C21H21N5O2. The molecule has 0 spiro atoms. The number of ether oxygens (including phenoxy) is 1. The van der Waals surface area contributed by atoms with Crippen LogP contribution in [-0.4, -0.2) is 33.7 Å². The molecule has 1 fully saturated rings. The summed E-state index contributed by atoms with van der Waals surface area (Å²) in [5, 5.41) is 16.7. The molecular weight excluding hydrogens is 354 g/mol. The van der Waals surface area contributed by atoms with Crippen molar-refractivity contribution in [1.29, 1.82) is 5.26 Å². The van der Waals surface area contributed by atoms with Gasteiger partial charge in [-0.2, -0.15) is 5.26 Å². The average molecular weight is 375 g/mol. The molecule has 1 aliphatic carbocycles. The Morgan fingerprint density at radius 2 is 1.96 bits per heavy atom. The fourth-order valence-corrected chi connectivity index (χ4v) is 3.31. The fraction of sp³-hybridized carbons (Fsp3) is 0.333. The van der Waals surface area contributed by atoms with Crippen LogP contribution in [0.3, 0.4) is 0 Å². The lowest BCUT2D eigenvalue weighted by Crippen LogP contribution is -2.39. The number of pyridine rings is 1. The van der Waals surface area contributed by atoms with Crippen molar-refractivity contribution < 1.29 is 9.53 Å². The molecule has 28 heavy (non-hydrogen) atoms. The van der Waals surface area contributed by atoms with E-state index in [9.17, 15) is 4.79 Å². The van der Waals surface area contributed by atoms with E-state index in [2.05, 4.69) is 16.4 Å². The van der Waals surface area contributed by atoms with Gasteiger partial charge in [0.1, 0.15) is 5.41 Å². The first-order chi connectivity index (χ1) is 13.5. The number of rotatable bonds is 5. The molecule has 7 heteroatoms. The third-order valence-electron chi connectivity index (χ3n) is 5.01. The molecule has 1 N–H and O–H groups in total. The van der Waals surface area contributed by atoms with E-state index in [0.29, 0.717) is 22.8 Å². The van der Waals surface area contributed by atoms with E-state index >= 15 is 0 Å². The Morgan fingerprint density at radius 1 is 1.25 bits per heavy atom. The summed E-state index contributed by atoms with van der Waals surface area (Å²) in [6.07, 6.45) is 1.47. The molecule has 0 unspecified atom stereocenters. The van der Waals surface area contributed by atoms with Crippen LogP contribution in [0.4, 0.5) is 0 Å². The van der Waals surface area contributed by atoms with Crippen LogP contribution in [-0.2, 0) is 10.2 Å². The van der Waals surface area contributed by atoms with Gasteiger partial charge in [-0.05, 0) is 51.0 Å². The minimum absolute atomic E-state index is 0.0303. The van der Waals surface area contributed by atoms with Gasteiger partial charge in [0.05, 0.1) is 24.4 Å². The Morgan fingerprint density at radius 3 is 2.54 bits per heavy atom. The number of aromatic nitrogens is 3. The second-order valence-corrected chi connectivity index (χ2v) is 7.36. The third-order valence-corrected chi connectivity index (χ3v) is 5.01. The summed E-state index contributed by atoms with van der Waals surface area (Å²) in [6, 6.07) is 13.2. The number of hydrogen-bond acceptors (Lipinski definition) is 5. The highest BCUT2D eigenvalue weighted by Crippen LogP contribution is 2.47. The lowest BCUT2D eigenvalue weighted by Gasteiger charge is -2.14. The topological polar surface area (TPSA) is 92.3 Å². The van der Waals surface area contributed by atoms with E-state index in [1.165, 1.54) is 0 Å². The Balaban J connectivity index is 1.84. The molecule has 0 atom stereocenters. The molecule has 0 aliphatic heterocycles. The molecule has 1 aromatic carbocycles. The number of nitriles is 1. The number of benzene rings is 1. The van der Waals surface area contributed by atoms with Gasteiger partial charge in [-0.3, -0.25) is 4.79 Å². The summed E-state index contributed by atoms with van der Waals surface area (Å²) in [5.41, 5.74) is 2.22. The van der Waals surface area contributed by atoms with Crippen molar-refractivity contribution in [2.45, 2.75) is 38.1 Å². The van der Waals surface area contributed by atoms with E-state index < -0.39 is 5.41 Å². The van der Waals surface area contributed by atoms with Gasteiger partial charge in [0.25, 0.3) is 0 Å². The SMILES string of the molecule is COc1ccc(-c2ccc(C#N)cc2)n2nc(C3(C(=O)NC(C)C)CC3)nc12. The molecule has 0 bridgehead atoms. The monoisotopic (exact) mass is 375 g/mol. The zero-order chi connectivity index (χ0) is 19.9. The molecule has 0 saturated heterocycles. The summed E-state index contributed by atoms with van der Waals surface area (Å²) in [5.74, 6) is 1.08. The first-order valence-corrected chi connectivity index (χ1v) is 9.24. The average Bonchev–Trinajstić information content (AvgIpc) is 3.39. The number of fused-ring (bicyclic) bond motifs is 1. The summed E-state index contributed by atoms with van der Waals surface area (Å²) in [4.78, 5) is 17.4. The standard InChI is InChI=1S/C21H21N5O2/c1-13(2)23-20(27)21(10-11-21)19-24-18-17(28-3)9-8-16(26(18)25-19)15-6-4-14(12-22)5-7-15/h4-9,13H,10-11H2,1-3H3,(H,23,27). The summed E-state index contributed by atoms with van der Waals surface area (Å²) < 4.78 is 7.18. The minimum Gasteiger partial charge on any atom is -0.493 e. The van der Waals surface area contributed by atoms with Crippen LogP contribution in [0.15, 0.2) is 36.4 Å². The van der Waals surface area contributed by atoms with Gasteiger partial charge >= 0.3 is 0 Å². The summed E-state index contributed by atoms with van der Waals surface area (Å²) >= 11 is 0. The van der Waals surface area contributed by atoms with E-state index in [4.69, 9.17) is 15.1 Å². The molecule has 3 aromatic rings. The maximum Gasteiger partial charge on any atom is 0.234 e. The molecule has 0 radical (unpaired) electrons. The third kappa shape index (κ3) is 2.87. The van der Waals surface area contributed by atoms with Gasteiger partial charge < -0.3 is 10.1 Å². The van der Waals surface area contributed by atoms with Crippen LogP contribution in [0.5, 0.6) is 5.75 Å². The van der Waals surface area contributed by atoms with Crippen molar-refractivity contribution in [3.63, 3.8) is 0 Å². The van der Waals surface area contributed by atoms with Gasteiger partial charge in [0.2, 0.25) is 5.91 Å². The van der Waals surface area contributed by atoms with Crippen molar-refractivity contribution in [1.82, 2.24) is 19.9 Å². The maximum absolute atomic E-state index is 12.7. The smallest absolute Gasteiger partial charge is 0.234 e. The molecule has 2 aromatic heterocycles. The van der Waals surface area contributed by atoms with Crippen LogP contribution in [0, 0.1) is 11.3 Å². The zero-order valence-corrected chi connectivity index (χ0v) is 16.1. The van der Waals surface area contributed by atoms with Crippen molar-refractivity contribution in [3.8, 4) is 23.1 Å². The van der Waals surface area contributed by atoms with Crippen LogP contribution >= 0.6 is 0 Å². The Bertz CT molecular complexity index is 1090. The van der Waals surface area contributed by atoms with Crippen molar-refractivity contribution >= 4 is 11.6 Å². The second-order valence-electron chi connectivity index (χ2n) is 7.36. The molecule has 1 amide bonds. The Labute approximate surface area is 163 Å². The zero-order valence-electron chi connectivity index (χ0n) is 16.1. The van der Waals surface area contributed by atoms with Gasteiger partial charge in [-0.15, -0.1) is 5.10 Å². The normalized spacial score (nSPS) is 14.7. The maximum atomic E-state index is 12.7. The summed E-state index contributed by atoms with van der Waals surface area (Å²) in [6.45, 7) is 3.88. The number of carbonyl (C=O) groups is 1. The van der Waals surface area contributed by atoms with Gasteiger partial charge in [0.15, 0.2) is 17.2 Å². The van der Waals surface area contributed by atoms with Crippen LogP contribution < -0.4 is 10.1 Å². The van der Waals surface area contributed by atoms with Gasteiger partial charge in [0, 0.05) is 11.6 Å². The molecule has 2 heterocycles. The van der Waals surface area contributed by atoms with E-state index in [-0.39, 0.29) is 11.9 Å². The molecule has 4 rings (SSSR count). The predicted octanol–water partition coefficient (Wildman–Crippen LogP) is 2.83. The Hall–Kier alpha value is -3.40. The largest absolute Gasteiger partial charge is 0.493 e. The lowest BCUT2D eigenvalue weighted by atomic mass is 10.1. The lowest BCUT2D eigenvalue weighted by molar-refractivity contribution is -0.124. The molecule has 1 aliphatic rings.